The van der Waals surface area contributed by atoms with Crippen LogP contribution in [0.4, 0.5) is 0 Å². The summed E-state index contributed by atoms with van der Waals surface area (Å²) >= 11 is 0. The molecule has 0 spiro atoms. The summed E-state index contributed by atoms with van der Waals surface area (Å²) in [6.45, 7) is 10.4. The number of nitrogens with zero attached hydrogens (tertiary/aromatic N) is 1. The smallest absolute Gasteiger partial charge is 0.0700 e. The molecule has 0 amide bonds. The zero-order chi connectivity index (χ0) is 11.3. The third kappa shape index (κ3) is 3.16. The Morgan fingerprint density at radius 1 is 1.47 bits per heavy atom. The molecule has 0 saturated carbocycles. The Kier molecular flexibility index (Phi) is 5.03. The van der Waals surface area contributed by atoms with Gasteiger partial charge in [-0.15, -0.1) is 0 Å². The van der Waals surface area contributed by atoms with Gasteiger partial charge in [0.05, 0.1) is 12.7 Å². The summed E-state index contributed by atoms with van der Waals surface area (Å²) < 4.78 is 5.69. The lowest BCUT2D eigenvalue weighted by Gasteiger charge is -2.45. The Hall–Kier alpha value is -0.120. The number of rotatable bonds is 5. The molecular weight excluding hydrogens is 188 g/mol. The van der Waals surface area contributed by atoms with E-state index in [0.717, 1.165) is 32.7 Å². The van der Waals surface area contributed by atoms with Crippen molar-refractivity contribution in [2.75, 3.05) is 26.2 Å². The second kappa shape index (κ2) is 5.83. The van der Waals surface area contributed by atoms with E-state index in [1.165, 1.54) is 12.8 Å². The number of morpholine rings is 1. The molecule has 0 aromatic heterocycles. The molecular formula is C12H26N2O. The molecule has 2 N–H and O–H groups in total. The quantitative estimate of drug-likeness (QED) is 0.755. The molecule has 2 unspecified atom stereocenters. The van der Waals surface area contributed by atoms with Gasteiger partial charge in [-0.3, -0.25) is 4.90 Å². The van der Waals surface area contributed by atoms with E-state index in [4.69, 9.17) is 10.5 Å². The summed E-state index contributed by atoms with van der Waals surface area (Å²) in [5.41, 5.74) is 6.10. The van der Waals surface area contributed by atoms with Gasteiger partial charge in [-0.25, -0.2) is 0 Å². The molecule has 1 heterocycles. The zero-order valence-corrected chi connectivity index (χ0v) is 10.5. The van der Waals surface area contributed by atoms with E-state index in [9.17, 15) is 0 Å². The third-order valence-corrected chi connectivity index (χ3v) is 3.59. The van der Waals surface area contributed by atoms with Gasteiger partial charge in [0, 0.05) is 25.2 Å². The fourth-order valence-electron chi connectivity index (χ4n) is 2.38. The molecule has 1 fully saturated rings. The Bertz CT molecular complexity index is 186. The average molecular weight is 214 g/mol. The Morgan fingerprint density at radius 2 is 2.20 bits per heavy atom. The van der Waals surface area contributed by atoms with E-state index < -0.39 is 0 Å². The number of nitrogens with two attached hydrogens (primary N) is 1. The lowest BCUT2D eigenvalue weighted by atomic mass is 9.93. The van der Waals surface area contributed by atoms with Gasteiger partial charge in [-0.1, -0.05) is 20.3 Å². The maximum Gasteiger partial charge on any atom is 0.0700 e. The molecule has 3 nitrogen and oxygen atoms in total. The van der Waals surface area contributed by atoms with E-state index in [1.54, 1.807) is 0 Å². The second-order valence-corrected chi connectivity index (χ2v) is 4.80. The monoisotopic (exact) mass is 214 g/mol. The van der Waals surface area contributed by atoms with Gasteiger partial charge in [0.2, 0.25) is 0 Å². The molecule has 0 radical (unpaired) electrons. The first-order chi connectivity index (χ1) is 7.16. The molecule has 0 aromatic carbocycles. The highest BCUT2D eigenvalue weighted by atomic mass is 16.5. The summed E-state index contributed by atoms with van der Waals surface area (Å²) in [6, 6.07) is 0. The predicted octanol–water partition coefficient (Wildman–Crippen LogP) is 1.61. The molecule has 1 rings (SSSR count). The molecule has 0 aliphatic carbocycles. The van der Waals surface area contributed by atoms with Crippen LogP contribution >= 0.6 is 0 Å². The Balaban J connectivity index is 2.58. The minimum atomic E-state index is 0.173. The molecule has 0 bridgehead atoms. The molecule has 1 saturated heterocycles. The van der Waals surface area contributed by atoms with Gasteiger partial charge in [-0.05, 0) is 19.8 Å². The van der Waals surface area contributed by atoms with Crippen LogP contribution in [0.25, 0.3) is 0 Å². The van der Waals surface area contributed by atoms with Crippen LogP contribution in [0.1, 0.15) is 40.0 Å². The van der Waals surface area contributed by atoms with Crippen molar-refractivity contribution in [1.82, 2.24) is 4.90 Å². The van der Waals surface area contributed by atoms with Crippen LogP contribution in [0, 0.1) is 0 Å². The average Bonchev–Trinajstić information content (AvgIpc) is 2.29. The van der Waals surface area contributed by atoms with Crippen molar-refractivity contribution in [1.29, 1.82) is 0 Å². The zero-order valence-electron chi connectivity index (χ0n) is 10.5. The van der Waals surface area contributed by atoms with Gasteiger partial charge in [0.15, 0.2) is 0 Å². The SMILES string of the molecule is CCCC(C)(CN)N1CCOC(CC)C1. The first kappa shape index (κ1) is 12.9. The maximum atomic E-state index is 5.93. The van der Waals surface area contributed by atoms with Crippen LogP contribution in [0.3, 0.4) is 0 Å². The Morgan fingerprint density at radius 3 is 2.73 bits per heavy atom. The van der Waals surface area contributed by atoms with Gasteiger partial charge < -0.3 is 10.5 Å². The van der Waals surface area contributed by atoms with E-state index in [-0.39, 0.29) is 5.54 Å². The molecule has 1 aliphatic heterocycles. The van der Waals surface area contributed by atoms with Crippen molar-refractivity contribution in [3.05, 3.63) is 0 Å². The van der Waals surface area contributed by atoms with Gasteiger partial charge in [0.25, 0.3) is 0 Å². The molecule has 2 atom stereocenters. The maximum absolute atomic E-state index is 5.93. The lowest BCUT2D eigenvalue weighted by molar-refractivity contribution is -0.0669. The molecule has 15 heavy (non-hydrogen) atoms. The van der Waals surface area contributed by atoms with Gasteiger partial charge in [-0.2, -0.15) is 0 Å². The van der Waals surface area contributed by atoms with Crippen molar-refractivity contribution in [2.24, 2.45) is 5.73 Å². The van der Waals surface area contributed by atoms with Crippen molar-refractivity contribution >= 4 is 0 Å². The van der Waals surface area contributed by atoms with Crippen LogP contribution in [-0.4, -0.2) is 42.8 Å². The van der Waals surface area contributed by atoms with E-state index in [1.807, 2.05) is 0 Å². The minimum Gasteiger partial charge on any atom is -0.376 e. The summed E-state index contributed by atoms with van der Waals surface area (Å²) in [5, 5.41) is 0. The molecule has 3 heteroatoms. The standard InChI is InChI=1S/C12H26N2O/c1-4-6-12(3,10-13)14-7-8-15-11(5-2)9-14/h11H,4-10,13H2,1-3H3. The number of ether oxygens (including phenoxy) is 1. The van der Waals surface area contributed by atoms with Crippen LogP contribution in [0.5, 0.6) is 0 Å². The topological polar surface area (TPSA) is 38.5 Å². The summed E-state index contributed by atoms with van der Waals surface area (Å²) in [6.07, 6.45) is 3.88. The van der Waals surface area contributed by atoms with E-state index >= 15 is 0 Å². The van der Waals surface area contributed by atoms with Crippen LogP contribution in [0.2, 0.25) is 0 Å². The fourth-order valence-corrected chi connectivity index (χ4v) is 2.38. The third-order valence-electron chi connectivity index (χ3n) is 3.59. The molecule has 0 aromatic rings. The Labute approximate surface area is 94.0 Å². The molecule has 90 valence electrons. The van der Waals surface area contributed by atoms with Crippen molar-refractivity contribution in [3.8, 4) is 0 Å². The first-order valence-electron chi connectivity index (χ1n) is 6.23. The number of hydrogen-bond donors (Lipinski definition) is 1. The van der Waals surface area contributed by atoms with Crippen molar-refractivity contribution < 1.29 is 4.74 Å². The summed E-state index contributed by atoms with van der Waals surface area (Å²) in [5.74, 6) is 0. The van der Waals surface area contributed by atoms with Crippen LogP contribution in [0.15, 0.2) is 0 Å². The largest absolute Gasteiger partial charge is 0.376 e. The second-order valence-electron chi connectivity index (χ2n) is 4.80. The van der Waals surface area contributed by atoms with E-state index in [2.05, 4.69) is 25.7 Å². The fraction of sp³-hybridized carbons (Fsp3) is 1.00. The van der Waals surface area contributed by atoms with Crippen molar-refractivity contribution in [3.63, 3.8) is 0 Å². The summed E-state index contributed by atoms with van der Waals surface area (Å²) in [7, 11) is 0. The lowest BCUT2D eigenvalue weighted by Crippen LogP contribution is -2.57. The highest BCUT2D eigenvalue weighted by molar-refractivity contribution is 4.89. The van der Waals surface area contributed by atoms with Gasteiger partial charge in [0.1, 0.15) is 0 Å². The van der Waals surface area contributed by atoms with Crippen LogP contribution < -0.4 is 5.73 Å². The highest BCUT2D eigenvalue weighted by Gasteiger charge is 2.33. The molecule has 1 aliphatic rings. The van der Waals surface area contributed by atoms with Gasteiger partial charge >= 0.3 is 0 Å². The summed E-state index contributed by atoms with van der Waals surface area (Å²) in [4.78, 5) is 2.52. The first-order valence-corrected chi connectivity index (χ1v) is 6.23. The minimum absolute atomic E-state index is 0.173. The van der Waals surface area contributed by atoms with Crippen LogP contribution in [-0.2, 0) is 4.74 Å². The normalized spacial score (nSPS) is 27.6. The van der Waals surface area contributed by atoms with Crippen molar-refractivity contribution in [2.45, 2.75) is 51.7 Å². The predicted molar refractivity (Wildman–Crippen MR) is 64.0 cm³/mol. The highest BCUT2D eigenvalue weighted by Crippen LogP contribution is 2.23. The van der Waals surface area contributed by atoms with E-state index in [0.29, 0.717) is 6.10 Å². The number of hydrogen-bond acceptors (Lipinski definition) is 3.